The van der Waals surface area contributed by atoms with Gasteiger partial charge in [0.15, 0.2) is 0 Å². The number of carbonyl (C=O) groups excluding carboxylic acids is 7. The minimum atomic E-state index is -1.63. The number of likely N-dealkylation sites (tertiary alicyclic amines) is 2. The van der Waals surface area contributed by atoms with E-state index in [1.54, 1.807) is 30.3 Å². The lowest BCUT2D eigenvalue weighted by Crippen LogP contribution is -2.61. The number of aliphatic hydroxyl groups excluding tert-OH is 1. The first kappa shape index (κ1) is 46.0. The second-order valence-corrected chi connectivity index (χ2v) is 14.8. The number of carbonyl (C=O) groups is 8. The maximum Gasteiger partial charge on any atom is 0.326 e. The van der Waals surface area contributed by atoms with E-state index in [-0.39, 0.29) is 50.3 Å². The molecule has 2 aliphatic heterocycles. The van der Waals surface area contributed by atoms with E-state index in [9.17, 15) is 48.6 Å². The molecule has 0 saturated carbocycles. The second kappa shape index (κ2) is 22.4. The number of hydrogen-bond donors (Lipinski definition) is 10. The summed E-state index contributed by atoms with van der Waals surface area (Å²) in [7, 11) is 0. The summed E-state index contributed by atoms with van der Waals surface area (Å²) in [6.07, 6.45) is -0.275. The normalized spacial score (nSPS) is 19.8. The molecule has 1 aromatic carbocycles. The van der Waals surface area contributed by atoms with Crippen LogP contribution in [-0.2, 0) is 44.8 Å². The maximum absolute atomic E-state index is 13.8. The van der Waals surface area contributed by atoms with Crippen molar-refractivity contribution in [1.29, 1.82) is 0 Å². The Morgan fingerprint density at radius 3 is 1.95 bits per heavy atom. The number of primary amides is 1. The summed E-state index contributed by atoms with van der Waals surface area (Å²) in [5.74, 6) is -5.88. The van der Waals surface area contributed by atoms with Gasteiger partial charge in [-0.05, 0) is 68.9 Å². The fourth-order valence-electron chi connectivity index (χ4n) is 6.72. The molecule has 0 aromatic heterocycles. The Morgan fingerprint density at radius 1 is 0.786 bits per heavy atom. The highest BCUT2D eigenvalue weighted by atomic mass is 32.1. The van der Waals surface area contributed by atoms with E-state index >= 15 is 0 Å². The third-order valence-electron chi connectivity index (χ3n) is 9.74. The third kappa shape index (κ3) is 13.1. The summed E-state index contributed by atoms with van der Waals surface area (Å²) in [5.41, 5.74) is 12.0. The first-order chi connectivity index (χ1) is 26.6. The summed E-state index contributed by atoms with van der Waals surface area (Å²) in [6, 6.07) is 0.124. The number of thiol groups is 2. The number of nitrogens with two attached hydrogens (primary N) is 2. The van der Waals surface area contributed by atoms with Crippen LogP contribution in [0, 0.1) is 0 Å². The zero-order valence-corrected chi connectivity index (χ0v) is 33.1. The molecule has 8 atom stereocenters. The molecule has 2 heterocycles. The number of nitrogens with one attached hydrogen (secondary N) is 4. The molecule has 1 aromatic rings. The molecule has 7 amide bonds. The Balaban J connectivity index is 1.78. The SMILES string of the molecule is C[C@@H](O)[C@H](NC(=O)[C@@H]1CCCN1C(=O)[C@@H]1CCCN1C(=O)[C@@H](N)CCS)C(=O)N[C@@H](CCC(N)=O)C(=O)N[C@@H](Cc1ccccc1)C(=O)N[C@@H](CCS)C(=O)O. The van der Waals surface area contributed by atoms with E-state index in [0.717, 1.165) is 0 Å². The second-order valence-electron chi connectivity index (χ2n) is 14.0. The molecule has 10 N–H and O–H groups in total. The van der Waals surface area contributed by atoms with Crippen molar-refractivity contribution in [3.8, 4) is 0 Å². The Hall–Kier alpha value is -4.40. The van der Waals surface area contributed by atoms with Crippen LogP contribution >= 0.6 is 25.3 Å². The highest BCUT2D eigenvalue weighted by molar-refractivity contribution is 7.80. The maximum atomic E-state index is 13.8. The highest BCUT2D eigenvalue weighted by Crippen LogP contribution is 2.26. The van der Waals surface area contributed by atoms with Crippen LogP contribution < -0.4 is 32.7 Å². The highest BCUT2D eigenvalue weighted by Gasteiger charge is 2.44. The molecule has 0 radical (unpaired) electrons. The van der Waals surface area contributed by atoms with Crippen molar-refractivity contribution in [3.63, 3.8) is 0 Å². The van der Waals surface area contributed by atoms with Gasteiger partial charge in [0.1, 0.15) is 36.3 Å². The van der Waals surface area contributed by atoms with Crippen LogP contribution in [0.2, 0.25) is 0 Å². The smallest absolute Gasteiger partial charge is 0.326 e. The van der Waals surface area contributed by atoms with Gasteiger partial charge in [-0.25, -0.2) is 4.79 Å². The molecule has 0 spiro atoms. The van der Waals surface area contributed by atoms with Crippen LogP contribution in [0.15, 0.2) is 30.3 Å². The van der Waals surface area contributed by atoms with Gasteiger partial charge in [0, 0.05) is 25.9 Å². The largest absolute Gasteiger partial charge is 0.480 e. The van der Waals surface area contributed by atoms with Crippen LogP contribution in [0.4, 0.5) is 0 Å². The van der Waals surface area contributed by atoms with Crippen LogP contribution in [0.25, 0.3) is 0 Å². The summed E-state index contributed by atoms with van der Waals surface area (Å²) in [5, 5.41) is 30.1. The van der Waals surface area contributed by atoms with Gasteiger partial charge in [-0.2, -0.15) is 25.3 Å². The van der Waals surface area contributed by atoms with Crippen molar-refractivity contribution >= 4 is 72.6 Å². The molecule has 20 heteroatoms. The lowest BCUT2D eigenvalue weighted by Gasteiger charge is -2.33. The summed E-state index contributed by atoms with van der Waals surface area (Å²) >= 11 is 8.19. The summed E-state index contributed by atoms with van der Waals surface area (Å²) in [4.78, 5) is 108. The van der Waals surface area contributed by atoms with Gasteiger partial charge in [-0.1, -0.05) is 30.3 Å². The number of amides is 7. The standard InChI is InChI=1S/C36H54N8O10S2/c1-20(45)29(42-32(49)26-9-5-15-43(26)35(52)27-10-6-16-44(27)34(51)22(37)13-17-55)33(50)39-23(11-12-28(38)46)30(47)41-25(19-21-7-3-2-4-8-21)31(48)40-24(14-18-56)36(53)54/h2-4,7-8,20,22-27,29,45,55-56H,5-6,9-19,37H2,1H3,(H2,38,46)(H,39,50)(H,40,48)(H,41,47)(H,42,49)(H,53,54)/t20-,22+,23+,24+,25+,26+,27+,29+/m1/s1. The number of carboxylic acids is 1. The number of aliphatic hydroxyl groups is 1. The number of nitrogens with zero attached hydrogens (tertiary/aromatic N) is 2. The first-order valence-electron chi connectivity index (χ1n) is 18.6. The van der Waals surface area contributed by atoms with Crippen molar-refractivity contribution in [2.45, 2.75) is 113 Å². The molecule has 2 saturated heterocycles. The van der Waals surface area contributed by atoms with Gasteiger partial charge >= 0.3 is 5.97 Å². The number of aliphatic carboxylic acids is 1. The molecular formula is C36H54N8O10S2. The van der Waals surface area contributed by atoms with Crippen molar-refractivity contribution in [2.24, 2.45) is 11.5 Å². The van der Waals surface area contributed by atoms with Crippen molar-refractivity contribution in [3.05, 3.63) is 35.9 Å². The lowest BCUT2D eigenvalue weighted by molar-refractivity contribution is -0.147. The predicted octanol–water partition coefficient (Wildman–Crippen LogP) is -2.15. The summed E-state index contributed by atoms with van der Waals surface area (Å²) < 4.78 is 0. The zero-order chi connectivity index (χ0) is 41.5. The van der Waals surface area contributed by atoms with E-state index < -0.39 is 89.8 Å². The summed E-state index contributed by atoms with van der Waals surface area (Å²) in [6.45, 7) is 1.80. The number of hydrogen-bond acceptors (Lipinski definition) is 12. The topological polar surface area (TPSA) is 284 Å². The molecule has 0 aliphatic carbocycles. The Bertz CT molecular complexity index is 1570. The van der Waals surface area contributed by atoms with Gasteiger partial charge in [0.2, 0.25) is 41.4 Å². The molecule has 18 nitrogen and oxygen atoms in total. The average molecular weight is 823 g/mol. The lowest BCUT2D eigenvalue weighted by atomic mass is 10.0. The third-order valence-corrected chi connectivity index (χ3v) is 10.3. The quantitative estimate of drug-likeness (QED) is 0.0597. The molecular weight excluding hydrogens is 769 g/mol. The zero-order valence-electron chi connectivity index (χ0n) is 31.3. The van der Waals surface area contributed by atoms with Crippen LogP contribution in [0.5, 0.6) is 0 Å². The average Bonchev–Trinajstić information content (AvgIpc) is 3.85. The monoisotopic (exact) mass is 822 g/mol. The van der Waals surface area contributed by atoms with Crippen LogP contribution in [-0.4, -0.2) is 140 Å². The fraction of sp³-hybridized carbons (Fsp3) is 0.611. The van der Waals surface area contributed by atoms with Gasteiger partial charge in [-0.3, -0.25) is 33.6 Å². The van der Waals surface area contributed by atoms with E-state index in [4.69, 9.17) is 11.5 Å². The van der Waals surface area contributed by atoms with Crippen molar-refractivity contribution in [2.75, 3.05) is 24.6 Å². The van der Waals surface area contributed by atoms with Gasteiger partial charge in [-0.15, -0.1) is 0 Å². The number of rotatable bonds is 21. The van der Waals surface area contributed by atoms with E-state index in [1.807, 2.05) is 0 Å². The van der Waals surface area contributed by atoms with Crippen molar-refractivity contribution in [1.82, 2.24) is 31.1 Å². The van der Waals surface area contributed by atoms with Gasteiger partial charge in [0.25, 0.3) is 0 Å². The molecule has 3 rings (SSSR count). The van der Waals surface area contributed by atoms with Crippen molar-refractivity contribution < 1.29 is 48.6 Å². The molecule has 0 unspecified atom stereocenters. The number of carboxylic acid groups (broad SMARTS) is 1. The predicted molar refractivity (Wildman–Crippen MR) is 210 cm³/mol. The van der Waals surface area contributed by atoms with E-state index in [2.05, 4.69) is 46.5 Å². The molecule has 2 aliphatic rings. The van der Waals surface area contributed by atoms with Crippen LogP contribution in [0.1, 0.15) is 63.9 Å². The Labute approximate surface area is 336 Å². The Morgan fingerprint density at radius 2 is 1.36 bits per heavy atom. The number of benzene rings is 1. The molecule has 310 valence electrons. The Kier molecular flexibility index (Phi) is 18.4. The van der Waals surface area contributed by atoms with Crippen LogP contribution in [0.3, 0.4) is 0 Å². The first-order valence-corrected chi connectivity index (χ1v) is 19.9. The molecule has 0 bridgehead atoms. The van der Waals surface area contributed by atoms with E-state index in [1.165, 1.54) is 16.7 Å². The molecule has 56 heavy (non-hydrogen) atoms. The molecule has 2 fully saturated rings. The fourth-order valence-corrected chi connectivity index (χ4v) is 7.26. The van der Waals surface area contributed by atoms with E-state index in [0.29, 0.717) is 43.5 Å². The minimum absolute atomic E-state index is 0.00314. The minimum Gasteiger partial charge on any atom is -0.480 e. The van der Waals surface area contributed by atoms with Gasteiger partial charge < -0.3 is 52.7 Å². The van der Waals surface area contributed by atoms with Gasteiger partial charge in [0.05, 0.1) is 12.1 Å².